The van der Waals surface area contributed by atoms with Crippen molar-refractivity contribution in [2.75, 3.05) is 12.3 Å². The van der Waals surface area contributed by atoms with Crippen LogP contribution in [0.1, 0.15) is 85.6 Å². The maximum absolute atomic E-state index is 12.4. The zero-order valence-corrected chi connectivity index (χ0v) is 21.7. The van der Waals surface area contributed by atoms with E-state index in [4.69, 9.17) is 5.73 Å². The monoisotopic (exact) mass is 501 g/mol. The van der Waals surface area contributed by atoms with Gasteiger partial charge < -0.3 is 16.0 Å². The number of aromatic amines is 1. The molecule has 0 saturated heterocycles. The molecular weight excluding hydrogens is 462 g/mol. The van der Waals surface area contributed by atoms with Crippen LogP contribution in [-0.4, -0.2) is 37.4 Å². The van der Waals surface area contributed by atoms with Gasteiger partial charge in [0, 0.05) is 24.5 Å². The third-order valence-electron chi connectivity index (χ3n) is 6.01. The van der Waals surface area contributed by atoms with E-state index in [1.165, 1.54) is 37.7 Å². The summed E-state index contributed by atoms with van der Waals surface area (Å²) in [5, 5.41) is 11.4. The van der Waals surface area contributed by atoms with E-state index in [1.54, 1.807) is 4.68 Å². The number of benzene rings is 1. The molecule has 2 heterocycles. The normalized spacial score (nSPS) is 10.8. The molecule has 0 aliphatic rings. The maximum Gasteiger partial charge on any atom is 0.251 e. The number of rotatable bonds is 16. The maximum atomic E-state index is 12.4. The van der Waals surface area contributed by atoms with Gasteiger partial charge in [-0.2, -0.15) is 0 Å². The smallest absolute Gasteiger partial charge is 0.251 e. The lowest BCUT2D eigenvalue weighted by molar-refractivity contribution is 0.0952. The van der Waals surface area contributed by atoms with Gasteiger partial charge in [0.2, 0.25) is 0 Å². The zero-order valence-electron chi connectivity index (χ0n) is 20.8. The minimum Gasteiger partial charge on any atom is -0.369 e. The van der Waals surface area contributed by atoms with Gasteiger partial charge in [0.15, 0.2) is 5.95 Å². The van der Waals surface area contributed by atoms with Crippen LogP contribution >= 0.6 is 12.4 Å². The topological polar surface area (TPSA) is 115 Å². The number of halogens is 1. The number of hydrogen-bond acceptors (Lipinski definition) is 5. The van der Waals surface area contributed by atoms with Crippen LogP contribution in [-0.2, 0) is 25.8 Å². The van der Waals surface area contributed by atoms with E-state index >= 15 is 0 Å². The lowest BCUT2D eigenvalue weighted by Gasteiger charge is -2.06. The van der Waals surface area contributed by atoms with Crippen molar-refractivity contribution in [2.24, 2.45) is 0 Å². The SMILES string of the molecule is CCCCCCCc1ccc(C(=O)NCCn2cc(CCCCCc3c[nH]c(N)n3)nn2)cc1.Cl. The minimum absolute atomic E-state index is 0. The molecule has 9 heteroatoms. The van der Waals surface area contributed by atoms with Crippen LogP contribution in [0.3, 0.4) is 0 Å². The molecule has 1 amide bonds. The van der Waals surface area contributed by atoms with E-state index in [1.807, 2.05) is 24.5 Å². The molecule has 3 aromatic rings. The van der Waals surface area contributed by atoms with Crippen LogP contribution in [0.15, 0.2) is 36.7 Å². The van der Waals surface area contributed by atoms with Gasteiger partial charge in [0.25, 0.3) is 5.91 Å². The first-order chi connectivity index (χ1) is 16.6. The Kier molecular flexibility index (Phi) is 12.9. The molecule has 0 aliphatic carbocycles. The van der Waals surface area contributed by atoms with E-state index in [9.17, 15) is 4.79 Å². The lowest BCUT2D eigenvalue weighted by atomic mass is 10.0. The first-order valence-corrected chi connectivity index (χ1v) is 12.7. The van der Waals surface area contributed by atoms with Crippen LogP contribution in [0.2, 0.25) is 0 Å². The minimum atomic E-state index is -0.0477. The number of anilines is 1. The molecule has 35 heavy (non-hydrogen) atoms. The van der Waals surface area contributed by atoms with Gasteiger partial charge in [0.05, 0.1) is 17.9 Å². The molecule has 8 nitrogen and oxygen atoms in total. The number of amides is 1. The van der Waals surface area contributed by atoms with Crippen molar-refractivity contribution in [3.05, 3.63) is 59.2 Å². The predicted molar refractivity (Wildman–Crippen MR) is 143 cm³/mol. The number of carbonyl (C=O) groups is 1. The highest BCUT2D eigenvalue weighted by Crippen LogP contribution is 2.11. The van der Waals surface area contributed by atoms with Gasteiger partial charge in [0.1, 0.15) is 0 Å². The molecular formula is C26H40ClN7O. The van der Waals surface area contributed by atoms with Crippen molar-refractivity contribution in [1.29, 1.82) is 0 Å². The lowest BCUT2D eigenvalue weighted by Crippen LogP contribution is -2.27. The molecule has 0 spiro atoms. The largest absolute Gasteiger partial charge is 0.369 e. The Bertz CT molecular complexity index is 984. The van der Waals surface area contributed by atoms with Crippen LogP contribution in [0.5, 0.6) is 0 Å². The summed E-state index contributed by atoms with van der Waals surface area (Å²) in [4.78, 5) is 19.5. The Morgan fingerprint density at radius 3 is 2.37 bits per heavy atom. The van der Waals surface area contributed by atoms with Crippen molar-refractivity contribution >= 4 is 24.3 Å². The highest BCUT2D eigenvalue weighted by molar-refractivity contribution is 5.94. The number of H-pyrrole nitrogens is 1. The Labute approximate surface area is 214 Å². The fraction of sp³-hybridized carbons (Fsp3) is 0.538. The Balaban J connectivity index is 0.00000432. The second-order valence-electron chi connectivity index (χ2n) is 8.93. The van der Waals surface area contributed by atoms with Gasteiger partial charge in [-0.25, -0.2) is 4.98 Å². The number of unbranched alkanes of at least 4 members (excludes halogenated alkanes) is 6. The van der Waals surface area contributed by atoms with Gasteiger partial charge in [-0.1, -0.05) is 56.4 Å². The molecule has 1 aromatic carbocycles. The summed E-state index contributed by atoms with van der Waals surface area (Å²) >= 11 is 0. The van der Waals surface area contributed by atoms with Gasteiger partial charge in [-0.05, 0) is 56.2 Å². The second-order valence-corrected chi connectivity index (χ2v) is 8.93. The molecule has 0 radical (unpaired) electrons. The summed E-state index contributed by atoms with van der Waals surface area (Å²) in [5.74, 6) is 0.428. The van der Waals surface area contributed by atoms with Crippen LogP contribution in [0, 0.1) is 0 Å². The summed E-state index contributed by atoms with van der Waals surface area (Å²) in [6, 6.07) is 7.99. The number of hydrogen-bond donors (Lipinski definition) is 3. The number of nitrogens with two attached hydrogens (primary N) is 1. The van der Waals surface area contributed by atoms with Crippen molar-refractivity contribution in [3.8, 4) is 0 Å². The number of imidazole rings is 1. The van der Waals surface area contributed by atoms with Crippen molar-refractivity contribution in [2.45, 2.75) is 84.1 Å². The third-order valence-corrected chi connectivity index (χ3v) is 6.01. The third kappa shape index (κ3) is 10.5. The van der Waals surface area contributed by atoms with E-state index in [0.29, 0.717) is 24.6 Å². The first kappa shape index (κ1) is 28.4. The standard InChI is InChI=1S/C26H39N7O.ClH/c1-2-3-4-5-7-10-21-13-15-22(16-14-21)25(34)28-17-18-33-20-24(31-32-33)12-9-6-8-11-23-19-29-26(27)30-23;/h13-16,19-20H,2-12,17-18H2,1H3,(H,28,34)(H3,27,29,30);1H. The summed E-state index contributed by atoms with van der Waals surface area (Å²) in [6.45, 7) is 3.36. The van der Waals surface area contributed by atoms with Crippen molar-refractivity contribution < 1.29 is 4.79 Å². The second kappa shape index (κ2) is 15.9. The summed E-state index contributed by atoms with van der Waals surface area (Å²) < 4.78 is 1.80. The van der Waals surface area contributed by atoms with Gasteiger partial charge in [-0.15, -0.1) is 17.5 Å². The number of nitrogens with zero attached hydrogens (tertiary/aromatic N) is 4. The molecule has 0 atom stereocenters. The van der Waals surface area contributed by atoms with E-state index in [2.05, 4.69) is 44.7 Å². The average Bonchev–Trinajstić information content (AvgIpc) is 3.47. The zero-order chi connectivity index (χ0) is 24.0. The highest BCUT2D eigenvalue weighted by Gasteiger charge is 2.06. The van der Waals surface area contributed by atoms with E-state index in [-0.39, 0.29) is 18.3 Å². The molecule has 4 N–H and O–H groups in total. The van der Waals surface area contributed by atoms with Crippen molar-refractivity contribution in [1.82, 2.24) is 30.3 Å². The van der Waals surface area contributed by atoms with Crippen LogP contribution in [0.4, 0.5) is 5.95 Å². The summed E-state index contributed by atoms with van der Waals surface area (Å²) in [7, 11) is 0. The van der Waals surface area contributed by atoms with Crippen molar-refractivity contribution in [3.63, 3.8) is 0 Å². The number of nitrogen functional groups attached to an aromatic ring is 1. The quantitative estimate of drug-likeness (QED) is 0.241. The fourth-order valence-electron chi connectivity index (χ4n) is 4.00. The van der Waals surface area contributed by atoms with Gasteiger partial charge >= 0.3 is 0 Å². The number of aryl methyl sites for hydroxylation is 3. The van der Waals surface area contributed by atoms with E-state index < -0.39 is 0 Å². The summed E-state index contributed by atoms with van der Waals surface area (Å²) in [6.07, 6.45) is 16.4. The molecule has 0 unspecified atom stereocenters. The first-order valence-electron chi connectivity index (χ1n) is 12.7. The summed E-state index contributed by atoms with van der Waals surface area (Å²) in [5.41, 5.74) is 9.59. The van der Waals surface area contributed by atoms with Gasteiger partial charge in [-0.3, -0.25) is 9.48 Å². The molecule has 2 aromatic heterocycles. The number of nitrogens with one attached hydrogen (secondary N) is 2. The molecule has 0 fully saturated rings. The molecule has 0 aliphatic heterocycles. The molecule has 0 bridgehead atoms. The van der Waals surface area contributed by atoms with E-state index in [0.717, 1.165) is 49.9 Å². The number of carbonyl (C=O) groups excluding carboxylic acids is 1. The Morgan fingerprint density at radius 1 is 0.971 bits per heavy atom. The van der Waals surface area contributed by atoms with Crippen LogP contribution in [0.25, 0.3) is 0 Å². The van der Waals surface area contributed by atoms with Crippen LogP contribution < -0.4 is 11.1 Å². The molecule has 192 valence electrons. The average molecular weight is 502 g/mol. The Morgan fingerprint density at radius 2 is 1.66 bits per heavy atom. The molecule has 3 rings (SSSR count). The predicted octanol–water partition coefficient (Wildman–Crippen LogP) is 4.90. The Hall–Kier alpha value is -2.87. The number of aromatic nitrogens is 5. The molecule has 0 saturated carbocycles. The fourth-order valence-corrected chi connectivity index (χ4v) is 4.00. The highest BCUT2D eigenvalue weighted by atomic mass is 35.5.